The van der Waals surface area contributed by atoms with Gasteiger partial charge < -0.3 is 25.5 Å². The summed E-state index contributed by atoms with van der Waals surface area (Å²) < 4.78 is 14.4. The van der Waals surface area contributed by atoms with Gasteiger partial charge in [-0.15, -0.1) is 0 Å². The van der Waals surface area contributed by atoms with Crippen LogP contribution in [0.3, 0.4) is 0 Å². The predicted octanol–water partition coefficient (Wildman–Crippen LogP) is 5.73. The lowest BCUT2D eigenvalue weighted by Crippen LogP contribution is -2.60. The number of amides is 2. The second-order valence-electron chi connectivity index (χ2n) is 11.1. The minimum Gasteiger partial charge on any atom is -0.449 e. The molecule has 4 N–H and O–H groups in total. The van der Waals surface area contributed by atoms with Gasteiger partial charge in [-0.1, -0.05) is 97.1 Å². The van der Waals surface area contributed by atoms with Crippen LogP contribution in [0.1, 0.15) is 36.4 Å². The Morgan fingerprint density at radius 2 is 1.58 bits per heavy atom. The summed E-state index contributed by atoms with van der Waals surface area (Å²) in [5.41, 5.74) is 5.36. The van der Waals surface area contributed by atoms with E-state index < -0.39 is 30.5 Å². The number of fused-ring (bicyclic) bond motifs is 4. The number of nitrogens with one attached hydrogen (secondary N) is 3. The molecular formula is C36H35N3O4. The number of ether oxygens (including phenoxy) is 1. The van der Waals surface area contributed by atoms with Crippen LogP contribution in [0.15, 0.2) is 109 Å². The van der Waals surface area contributed by atoms with Crippen molar-refractivity contribution in [1.82, 2.24) is 15.6 Å². The van der Waals surface area contributed by atoms with Crippen molar-refractivity contribution in [3.8, 4) is 11.1 Å². The molecule has 5 aromatic rings. The van der Waals surface area contributed by atoms with E-state index in [9.17, 15) is 14.7 Å². The van der Waals surface area contributed by atoms with Crippen molar-refractivity contribution in [2.45, 2.75) is 37.2 Å². The van der Waals surface area contributed by atoms with Crippen molar-refractivity contribution in [2.75, 3.05) is 13.2 Å². The first-order chi connectivity index (χ1) is 21.5. The van der Waals surface area contributed by atoms with Crippen LogP contribution in [0.2, 0.25) is 0 Å². The molecule has 43 heavy (non-hydrogen) atoms. The minimum atomic E-state index is -1.66. The SMILES string of the molecule is [2H]C[C@@](Cc1c[nH]c2ccccc12)(NC(=O)OCC1c2ccccc2-c2ccccc21)C(=O)N[C@H](CO)Cc1ccccc1. The molecule has 6 rings (SSSR count). The van der Waals surface area contributed by atoms with Gasteiger partial charge in [0.2, 0.25) is 5.91 Å². The van der Waals surface area contributed by atoms with Crippen LogP contribution in [0.4, 0.5) is 4.79 Å². The maximum atomic E-state index is 14.0. The van der Waals surface area contributed by atoms with Crippen molar-refractivity contribution in [1.29, 1.82) is 0 Å². The van der Waals surface area contributed by atoms with E-state index in [1.54, 1.807) is 6.20 Å². The molecular weight excluding hydrogens is 538 g/mol. The predicted molar refractivity (Wildman–Crippen MR) is 168 cm³/mol. The molecule has 4 aromatic carbocycles. The Morgan fingerprint density at radius 1 is 0.930 bits per heavy atom. The number of carbonyl (C=O) groups is 2. The summed E-state index contributed by atoms with van der Waals surface area (Å²) >= 11 is 0. The molecule has 0 fully saturated rings. The molecule has 1 aliphatic carbocycles. The molecule has 0 saturated heterocycles. The number of aliphatic hydroxyl groups is 1. The highest BCUT2D eigenvalue weighted by Gasteiger charge is 2.38. The average Bonchev–Trinajstić information content (AvgIpc) is 3.62. The van der Waals surface area contributed by atoms with Crippen molar-refractivity contribution in [2.24, 2.45) is 0 Å². The maximum absolute atomic E-state index is 14.0. The van der Waals surface area contributed by atoms with Gasteiger partial charge >= 0.3 is 6.09 Å². The first-order valence-electron chi connectivity index (χ1n) is 15.1. The minimum absolute atomic E-state index is 0.0556. The molecule has 1 heterocycles. The summed E-state index contributed by atoms with van der Waals surface area (Å²) in [6.07, 6.45) is 1.47. The van der Waals surface area contributed by atoms with E-state index in [1.807, 2.05) is 91.0 Å². The van der Waals surface area contributed by atoms with Gasteiger partial charge in [-0.2, -0.15) is 0 Å². The van der Waals surface area contributed by atoms with Crippen LogP contribution < -0.4 is 10.6 Å². The Kier molecular flexibility index (Phi) is 7.63. The van der Waals surface area contributed by atoms with E-state index >= 15 is 0 Å². The summed E-state index contributed by atoms with van der Waals surface area (Å²) in [7, 11) is 0. The number of alkyl carbamates (subject to hydrolysis) is 1. The average molecular weight is 575 g/mol. The lowest BCUT2D eigenvalue weighted by molar-refractivity contribution is -0.128. The van der Waals surface area contributed by atoms with Gasteiger partial charge in [-0.05, 0) is 52.8 Å². The molecule has 218 valence electrons. The largest absolute Gasteiger partial charge is 0.449 e. The van der Waals surface area contributed by atoms with Gasteiger partial charge in [0.1, 0.15) is 12.1 Å². The number of aromatic amines is 1. The van der Waals surface area contributed by atoms with Crippen molar-refractivity contribution >= 4 is 22.9 Å². The second-order valence-corrected chi connectivity index (χ2v) is 11.1. The number of H-pyrrole nitrogens is 1. The molecule has 0 saturated carbocycles. The van der Waals surface area contributed by atoms with Gasteiger partial charge in [-0.25, -0.2) is 4.79 Å². The number of hydrogen-bond acceptors (Lipinski definition) is 4. The van der Waals surface area contributed by atoms with E-state index in [0.717, 1.165) is 44.3 Å². The van der Waals surface area contributed by atoms with E-state index in [0.29, 0.717) is 6.42 Å². The van der Waals surface area contributed by atoms with Gasteiger partial charge in [0.25, 0.3) is 0 Å². The Balaban J connectivity index is 1.24. The summed E-state index contributed by atoms with van der Waals surface area (Å²) in [6.45, 7) is -0.658. The summed E-state index contributed by atoms with van der Waals surface area (Å²) in [4.78, 5) is 30.7. The molecule has 0 radical (unpaired) electrons. The quantitative estimate of drug-likeness (QED) is 0.171. The Labute approximate surface area is 252 Å². The zero-order valence-electron chi connectivity index (χ0n) is 24.8. The van der Waals surface area contributed by atoms with Gasteiger partial charge in [0.05, 0.1) is 12.6 Å². The fourth-order valence-corrected chi connectivity index (χ4v) is 6.00. The second kappa shape index (κ2) is 12.2. The van der Waals surface area contributed by atoms with Crippen LogP contribution in [-0.4, -0.2) is 46.9 Å². The number of hydrogen-bond donors (Lipinski definition) is 4. The number of rotatable bonds is 10. The van der Waals surface area contributed by atoms with E-state index in [2.05, 4.69) is 27.8 Å². The number of aromatic nitrogens is 1. The Bertz CT molecular complexity index is 1730. The number of aliphatic hydroxyl groups excluding tert-OH is 1. The summed E-state index contributed by atoms with van der Waals surface area (Å²) in [6, 6.07) is 32.8. The van der Waals surface area contributed by atoms with Gasteiger partial charge in [0.15, 0.2) is 0 Å². The molecule has 1 aromatic heterocycles. The fraction of sp³-hybridized carbons (Fsp3) is 0.222. The van der Waals surface area contributed by atoms with Crippen molar-refractivity contribution < 1.29 is 20.8 Å². The maximum Gasteiger partial charge on any atom is 0.408 e. The van der Waals surface area contributed by atoms with Gasteiger partial charge in [0, 0.05) is 30.8 Å². The topological polar surface area (TPSA) is 103 Å². The number of benzene rings is 4. The molecule has 2 amide bonds. The van der Waals surface area contributed by atoms with E-state index in [-0.39, 0.29) is 25.6 Å². The van der Waals surface area contributed by atoms with E-state index in [1.165, 1.54) is 0 Å². The van der Waals surface area contributed by atoms with Crippen LogP contribution in [-0.2, 0) is 22.4 Å². The zero-order chi connectivity index (χ0) is 30.5. The van der Waals surface area contributed by atoms with E-state index in [4.69, 9.17) is 6.11 Å². The third-order valence-electron chi connectivity index (χ3n) is 8.17. The molecule has 0 aliphatic heterocycles. The fourth-order valence-electron chi connectivity index (χ4n) is 6.00. The Morgan fingerprint density at radius 3 is 2.28 bits per heavy atom. The lowest BCUT2D eigenvalue weighted by atomic mass is 9.91. The summed E-state index contributed by atoms with van der Waals surface area (Å²) in [5.74, 6) is -0.702. The standard InChI is InChI=1S/C36H35N3O4/c1-36(20-25-21-37-33-18-10-9-13-27(25)33,34(41)38-26(22-40)19-24-11-3-2-4-12-24)39-35(42)43-23-32-30-16-7-5-14-28(30)29-15-6-8-17-31(29)32/h2-18,21,26,32,37,40H,19-20,22-23H2,1H3,(H,38,41)(H,39,42)/t26-,36-/m0/s1/i1D. The molecule has 0 spiro atoms. The highest BCUT2D eigenvalue weighted by atomic mass is 16.5. The van der Waals surface area contributed by atoms with Crippen LogP contribution in [0, 0.1) is 0 Å². The Hall–Kier alpha value is -4.88. The summed E-state index contributed by atoms with van der Waals surface area (Å²) in [5, 5.41) is 16.7. The zero-order valence-corrected chi connectivity index (χ0v) is 23.8. The van der Waals surface area contributed by atoms with Crippen molar-refractivity contribution in [3.63, 3.8) is 0 Å². The van der Waals surface area contributed by atoms with Crippen LogP contribution >= 0.6 is 0 Å². The molecule has 0 unspecified atom stereocenters. The van der Waals surface area contributed by atoms with Crippen LogP contribution in [0.5, 0.6) is 0 Å². The highest BCUT2D eigenvalue weighted by molar-refractivity contribution is 5.92. The first-order valence-corrected chi connectivity index (χ1v) is 14.4. The molecule has 2 atom stereocenters. The first kappa shape index (κ1) is 27.0. The highest BCUT2D eigenvalue weighted by Crippen LogP contribution is 2.44. The van der Waals surface area contributed by atoms with Crippen LogP contribution in [0.25, 0.3) is 22.0 Å². The number of para-hydroxylation sites is 1. The third-order valence-corrected chi connectivity index (χ3v) is 8.17. The lowest BCUT2D eigenvalue weighted by Gasteiger charge is -2.31. The molecule has 1 aliphatic rings. The monoisotopic (exact) mass is 574 g/mol. The third kappa shape index (κ3) is 5.90. The normalized spacial score (nSPS) is 14.7. The van der Waals surface area contributed by atoms with Gasteiger partial charge in [-0.3, -0.25) is 4.79 Å². The molecule has 7 heteroatoms. The number of carbonyl (C=O) groups excluding carboxylic acids is 2. The molecule has 7 nitrogen and oxygen atoms in total. The molecule has 0 bridgehead atoms. The van der Waals surface area contributed by atoms with Crippen molar-refractivity contribution in [3.05, 3.63) is 132 Å². The smallest absolute Gasteiger partial charge is 0.408 e.